The van der Waals surface area contributed by atoms with Crippen LogP contribution in [-0.4, -0.2) is 38.3 Å². The van der Waals surface area contributed by atoms with Gasteiger partial charge < -0.3 is 24.7 Å². The van der Waals surface area contributed by atoms with Crippen molar-refractivity contribution in [3.63, 3.8) is 0 Å². The van der Waals surface area contributed by atoms with Crippen LogP contribution in [0.25, 0.3) is 0 Å². The third-order valence-electron chi connectivity index (χ3n) is 4.56. The highest BCUT2D eigenvalue weighted by molar-refractivity contribution is 5.18. The van der Waals surface area contributed by atoms with Gasteiger partial charge in [0.25, 0.3) is 0 Å². The topological polar surface area (TPSA) is 62.9 Å². The SMILES string of the molecule is CO[C@H]1O[C@@H]2COC(c3ccccc3)O[C@H]2[C@@H]2C(N)[C@H]12. The summed E-state index contributed by atoms with van der Waals surface area (Å²) in [5.41, 5.74) is 7.18. The molecule has 2 unspecified atom stereocenters. The lowest BCUT2D eigenvalue weighted by Crippen LogP contribution is -2.49. The molecule has 0 amide bonds. The molecule has 2 heterocycles. The number of fused-ring (bicyclic) bond motifs is 3. The summed E-state index contributed by atoms with van der Waals surface area (Å²) in [4.78, 5) is 0. The summed E-state index contributed by atoms with van der Waals surface area (Å²) in [6.07, 6.45) is -0.639. The second-order valence-corrected chi connectivity index (χ2v) is 5.69. The van der Waals surface area contributed by atoms with E-state index in [2.05, 4.69) is 0 Å². The van der Waals surface area contributed by atoms with Gasteiger partial charge in [0.15, 0.2) is 12.6 Å². The van der Waals surface area contributed by atoms with E-state index >= 15 is 0 Å². The van der Waals surface area contributed by atoms with Gasteiger partial charge in [-0.3, -0.25) is 0 Å². The summed E-state index contributed by atoms with van der Waals surface area (Å²) in [7, 11) is 1.66. The number of ether oxygens (including phenoxy) is 4. The summed E-state index contributed by atoms with van der Waals surface area (Å²) in [5.74, 6) is 0.560. The molecule has 1 saturated carbocycles. The summed E-state index contributed by atoms with van der Waals surface area (Å²) >= 11 is 0. The lowest BCUT2D eigenvalue weighted by atomic mass is 10.0. The lowest BCUT2D eigenvalue weighted by Gasteiger charge is -2.41. The van der Waals surface area contributed by atoms with Crippen LogP contribution in [0, 0.1) is 11.8 Å². The van der Waals surface area contributed by atoms with Crippen LogP contribution in [0.3, 0.4) is 0 Å². The van der Waals surface area contributed by atoms with Crippen LogP contribution in [0.15, 0.2) is 30.3 Å². The molecule has 1 aliphatic carbocycles. The molecule has 5 heteroatoms. The van der Waals surface area contributed by atoms with E-state index in [-0.39, 0.29) is 36.7 Å². The fourth-order valence-corrected chi connectivity index (χ4v) is 3.45. The fraction of sp³-hybridized carbons (Fsp3) is 0.600. The van der Waals surface area contributed by atoms with E-state index in [4.69, 9.17) is 24.7 Å². The third kappa shape index (κ3) is 1.89. The highest BCUT2D eigenvalue weighted by Crippen LogP contribution is 2.52. The first-order valence-corrected chi connectivity index (χ1v) is 7.05. The Hall–Kier alpha value is -0.980. The fourth-order valence-electron chi connectivity index (χ4n) is 3.45. The summed E-state index contributed by atoms with van der Waals surface area (Å²) in [5, 5.41) is 0. The predicted molar refractivity (Wildman–Crippen MR) is 70.6 cm³/mol. The maximum atomic E-state index is 6.15. The molecule has 2 aliphatic heterocycles. The quantitative estimate of drug-likeness (QED) is 0.875. The molecule has 108 valence electrons. The Labute approximate surface area is 117 Å². The Morgan fingerprint density at radius 2 is 1.95 bits per heavy atom. The summed E-state index contributed by atoms with van der Waals surface area (Å²) < 4.78 is 23.2. The van der Waals surface area contributed by atoms with E-state index in [1.54, 1.807) is 7.11 Å². The number of hydrogen-bond acceptors (Lipinski definition) is 5. The monoisotopic (exact) mass is 277 g/mol. The highest BCUT2D eigenvalue weighted by Gasteiger charge is 2.64. The molecule has 5 nitrogen and oxygen atoms in total. The summed E-state index contributed by atoms with van der Waals surface area (Å²) in [6.45, 7) is 0.514. The van der Waals surface area contributed by atoms with Crippen LogP contribution >= 0.6 is 0 Å². The Balaban J connectivity index is 1.52. The Morgan fingerprint density at radius 3 is 2.70 bits per heavy atom. The predicted octanol–water partition coefficient (Wildman–Crippen LogP) is 1.05. The van der Waals surface area contributed by atoms with Crippen molar-refractivity contribution >= 4 is 0 Å². The van der Waals surface area contributed by atoms with Gasteiger partial charge in [-0.2, -0.15) is 0 Å². The van der Waals surface area contributed by atoms with Gasteiger partial charge in [0.05, 0.1) is 12.7 Å². The molecular formula is C15H19NO4. The van der Waals surface area contributed by atoms with Gasteiger partial charge in [0, 0.05) is 30.6 Å². The minimum Gasteiger partial charge on any atom is -0.356 e. The van der Waals surface area contributed by atoms with Gasteiger partial charge in [0.2, 0.25) is 0 Å². The third-order valence-corrected chi connectivity index (χ3v) is 4.56. The zero-order valence-electron chi connectivity index (χ0n) is 11.3. The molecule has 1 aromatic carbocycles. The minimum atomic E-state index is -0.325. The van der Waals surface area contributed by atoms with E-state index < -0.39 is 0 Å². The molecule has 3 aliphatic rings. The van der Waals surface area contributed by atoms with Gasteiger partial charge in [-0.05, 0) is 0 Å². The molecule has 4 rings (SSSR count). The number of hydrogen-bond donors (Lipinski definition) is 1. The van der Waals surface area contributed by atoms with E-state index in [0.717, 1.165) is 5.56 Å². The minimum absolute atomic E-state index is 0.000330. The van der Waals surface area contributed by atoms with Gasteiger partial charge in [-0.1, -0.05) is 30.3 Å². The largest absolute Gasteiger partial charge is 0.356 e. The lowest BCUT2D eigenvalue weighted by molar-refractivity contribution is -0.316. The van der Waals surface area contributed by atoms with Crippen molar-refractivity contribution in [3.05, 3.63) is 35.9 Å². The van der Waals surface area contributed by atoms with E-state index in [1.165, 1.54) is 0 Å². The molecule has 3 fully saturated rings. The van der Waals surface area contributed by atoms with Crippen molar-refractivity contribution in [2.75, 3.05) is 13.7 Å². The van der Waals surface area contributed by atoms with E-state index in [1.807, 2.05) is 30.3 Å². The molecule has 0 bridgehead atoms. The molecule has 7 atom stereocenters. The average Bonchev–Trinajstić information content (AvgIpc) is 3.19. The Bertz CT molecular complexity index is 480. The number of rotatable bonds is 2. The van der Waals surface area contributed by atoms with Crippen LogP contribution < -0.4 is 5.73 Å². The molecule has 20 heavy (non-hydrogen) atoms. The second kappa shape index (κ2) is 4.79. The number of nitrogens with two attached hydrogens (primary N) is 1. The van der Waals surface area contributed by atoms with Crippen molar-refractivity contribution in [1.29, 1.82) is 0 Å². The first kappa shape index (κ1) is 12.7. The van der Waals surface area contributed by atoms with Crippen LogP contribution in [0.2, 0.25) is 0 Å². The average molecular weight is 277 g/mol. The van der Waals surface area contributed by atoms with Gasteiger partial charge >= 0.3 is 0 Å². The first-order valence-electron chi connectivity index (χ1n) is 7.05. The molecule has 2 N–H and O–H groups in total. The first-order chi connectivity index (χ1) is 9.79. The van der Waals surface area contributed by atoms with Crippen molar-refractivity contribution in [2.24, 2.45) is 17.6 Å². The summed E-state index contributed by atoms with van der Waals surface area (Å²) in [6, 6.07) is 10.1. The van der Waals surface area contributed by atoms with Crippen LogP contribution in [0.5, 0.6) is 0 Å². The van der Waals surface area contributed by atoms with Crippen LogP contribution in [0.1, 0.15) is 11.9 Å². The van der Waals surface area contributed by atoms with Gasteiger partial charge in [-0.15, -0.1) is 0 Å². The molecule has 0 spiro atoms. The zero-order valence-corrected chi connectivity index (χ0v) is 11.3. The normalized spacial score (nSPS) is 46.4. The smallest absolute Gasteiger partial charge is 0.184 e. The maximum Gasteiger partial charge on any atom is 0.184 e. The van der Waals surface area contributed by atoms with E-state index in [0.29, 0.717) is 12.5 Å². The van der Waals surface area contributed by atoms with Crippen molar-refractivity contribution < 1.29 is 18.9 Å². The molecule has 2 saturated heterocycles. The van der Waals surface area contributed by atoms with Gasteiger partial charge in [-0.25, -0.2) is 0 Å². The Kier molecular flexibility index (Phi) is 3.05. The zero-order chi connectivity index (χ0) is 13.7. The van der Waals surface area contributed by atoms with Crippen molar-refractivity contribution in [3.8, 4) is 0 Å². The molecular weight excluding hydrogens is 258 g/mol. The second-order valence-electron chi connectivity index (χ2n) is 5.69. The molecule has 1 aromatic rings. The number of benzene rings is 1. The molecule has 0 aromatic heterocycles. The van der Waals surface area contributed by atoms with Crippen LogP contribution in [-0.2, 0) is 18.9 Å². The van der Waals surface area contributed by atoms with Crippen LogP contribution in [0.4, 0.5) is 0 Å². The molecule has 0 radical (unpaired) electrons. The van der Waals surface area contributed by atoms with Crippen molar-refractivity contribution in [1.82, 2.24) is 0 Å². The Morgan fingerprint density at radius 1 is 1.15 bits per heavy atom. The number of methoxy groups -OCH3 is 1. The maximum absolute atomic E-state index is 6.15. The standard InChI is InChI=1S/C15H19NO4/c1-17-15-11-10(12(11)16)13-9(19-15)7-18-14(20-13)8-5-3-2-4-6-8/h2-6,9-15H,7,16H2,1H3/t9-,10+,11-,12?,13-,14?,15+/m1/s1. The van der Waals surface area contributed by atoms with Gasteiger partial charge in [0.1, 0.15) is 6.10 Å². The van der Waals surface area contributed by atoms with E-state index in [9.17, 15) is 0 Å². The highest BCUT2D eigenvalue weighted by atomic mass is 16.7. The van der Waals surface area contributed by atoms with Crippen molar-refractivity contribution in [2.45, 2.75) is 30.8 Å².